The molecule has 0 unspecified atom stereocenters. The molecule has 1 amide bonds. The Morgan fingerprint density at radius 1 is 1.55 bits per heavy atom. The highest BCUT2D eigenvalue weighted by molar-refractivity contribution is 7.97. The van der Waals surface area contributed by atoms with Gasteiger partial charge in [-0.15, -0.1) is 0 Å². The van der Waals surface area contributed by atoms with Crippen molar-refractivity contribution in [2.75, 3.05) is 19.6 Å². The van der Waals surface area contributed by atoms with Gasteiger partial charge in [-0.2, -0.15) is 0 Å². The summed E-state index contributed by atoms with van der Waals surface area (Å²) in [6.07, 6.45) is 2.42. The molecule has 0 aliphatic rings. The molecule has 0 radical (unpaired) electrons. The van der Waals surface area contributed by atoms with E-state index >= 15 is 0 Å². The Morgan fingerprint density at radius 2 is 2.27 bits per heavy atom. The zero-order chi connectivity index (χ0) is 16.5. The highest BCUT2D eigenvalue weighted by Crippen LogP contribution is 2.26. The van der Waals surface area contributed by atoms with Crippen LogP contribution in [0, 0.1) is 16.0 Å². The Hall–Kier alpha value is -1.87. The fraction of sp³-hybridized carbons (Fsp3) is 0.538. The molecular formula is C13H20N4O4S. The molecular weight excluding hydrogens is 308 g/mol. The number of hydrogen-bond donors (Lipinski definition) is 2. The van der Waals surface area contributed by atoms with Gasteiger partial charge in [-0.05, 0) is 24.3 Å². The van der Waals surface area contributed by atoms with Gasteiger partial charge in [0, 0.05) is 36.8 Å². The predicted octanol–water partition coefficient (Wildman–Crippen LogP) is 2.61. The Bertz CT molecular complexity index is 513. The van der Waals surface area contributed by atoms with Gasteiger partial charge in [0.05, 0.1) is 4.92 Å². The number of amides is 1. The molecule has 22 heavy (non-hydrogen) atoms. The first-order valence-corrected chi connectivity index (χ1v) is 7.65. The summed E-state index contributed by atoms with van der Waals surface area (Å²) < 4.78 is 2.06. The molecule has 1 rings (SSSR count). The number of nitrogens with zero attached hydrogens (tertiary/aromatic N) is 3. The van der Waals surface area contributed by atoms with E-state index in [-0.39, 0.29) is 5.69 Å². The monoisotopic (exact) mass is 328 g/mol. The van der Waals surface area contributed by atoms with E-state index in [0.29, 0.717) is 30.3 Å². The van der Waals surface area contributed by atoms with E-state index in [0.717, 1.165) is 6.54 Å². The number of carboxylic acid groups (broad SMARTS) is 1. The lowest BCUT2D eigenvalue weighted by Gasteiger charge is -2.22. The average molecular weight is 328 g/mol. The minimum absolute atomic E-state index is 0.0398. The molecule has 9 heteroatoms. The van der Waals surface area contributed by atoms with E-state index in [1.54, 1.807) is 6.20 Å². The van der Waals surface area contributed by atoms with Crippen LogP contribution in [0.4, 0.5) is 10.5 Å². The van der Waals surface area contributed by atoms with Crippen LogP contribution in [0.25, 0.3) is 0 Å². The summed E-state index contributed by atoms with van der Waals surface area (Å²) >= 11 is 1.40. The standard InChI is InChI=1S/C13H20N4O4S/c1-10(2)9-16(5-3-4-15-13(18)19)22-12-6-11(17(20)21)7-14-8-12/h6-8,10,15H,3-5,9H2,1-2H3,(H,18,19). The van der Waals surface area contributed by atoms with Crippen molar-refractivity contribution in [2.45, 2.75) is 25.2 Å². The summed E-state index contributed by atoms with van der Waals surface area (Å²) in [5.41, 5.74) is -0.0398. The SMILES string of the molecule is CC(C)CN(CCCNC(=O)O)Sc1cncc([N+](=O)[O-])c1. The first kappa shape index (κ1) is 18.2. The molecule has 0 spiro atoms. The van der Waals surface area contributed by atoms with Crippen LogP contribution in [0.1, 0.15) is 20.3 Å². The van der Waals surface area contributed by atoms with Crippen LogP contribution < -0.4 is 5.32 Å². The molecule has 0 aliphatic heterocycles. The van der Waals surface area contributed by atoms with Crippen LogP contribution in [0.5, 0.6) is 0 Å². The van der Waals surface area contributed by atoms with Crippen molar-refractivity contribution >= 4 is 23.7 Å². The third-order valence-electron chi connectivity index (χ3n) is 2.57. The van der Waals surface area contributed by atoms with E-state index in [4.69, 9.17) is 5.11 Å². The van der Waals surface area contributed by atoms with Crippen LogP contribution in [0.3, 0.4) is 0 Å². The first-order valence-electron chi connectivity index (χ1n) is 6.87. The second-order valence-electron chi connectivity index (χ2n) is 5.09. The fourth-order valence-corrected chi connectivity index (χ4v) is 2.91. The second kappa shape index (κ2) is 9.21. The Morgan fingerprint density at radius 3 is 2.86 bits per heavy atom. The number of hydrogen-bond acceptors (Lipinski definition) is 6. The van der Waals surface area contributed by atoms with Crippen molar-refractivity contribution in [1.82, 2.24) is 14.6 Å². The van der Waals surface area contributed by atoms with E-state index in [1.807, 2.05) is 0 Å². The normalized spacial score (nSPS) is 10.9. The molecule has 0 saturated heterocycles. The number of nitro groups is 1. The maximum Gasteiger partial charge on any atom is 0.404 e. The lowest BCUT2D eigenvalue weighted by atomic mass is 10.2. The third-order valence-corrected chi connectivity index (χ3v) is 3.60. The van der Waals surface area contributed by atoms with Crippen molar-refractivity contribution in [3.63, 3.8) is 0 Å². The topological polar surface area (TPSA) is 109 Å². The van der Waals surface area contributed by atoms with Gasteiger partial charge in [0.1, 0.15) is 6.20 Å². The van der Waals surface area contributed by atoms with Crippen molar-refractivity contribution in [3.05, 3.63) is 28.6 Å². The number of aromatic nitrogens is 1. The zero-order valence-electron chi connectivity index (χ0n) is 12.6. The van der Waals surface area contributed by atoms with Crippen molar-refractivity contribution in [2.24, 2.45) is 5.92 Å². The van der Waals surface area contributed by atoms with E-state index < -0.39 is 11.0 Å². The molecule has 0 saturated carbocycles. The molecule has 8 nitrogen and oxygen atoms in total. The molecule has 0 bridgehead atoms. The molecule has 0 aromatic carbocycles. The summed E-state index contributed by atoms with van der Waals surface area (Å²) in [5.74, 6) is 0.423. The molecule has 2 N–H and O–H groups in total. The summed E-state index contributed by atoms with van der Waals surface area (Å²) in [5, 5.41) is 21.6. The Kier molecular flexibility index (Phi) is 7.61. The van der Waals surface area contributed by atoms with Gasteiger partial charge >= 0.3 is 6.09 Å². The van der Waals surface area contributed by atoms with Gasteiger partial charge in [0.15, 0.2) is 0 Å². The van der Waals surface area contributed by atoms with Crippen molar-refractivity contribution < 1.29 is 14.8 Å². The maximum absolute atomic E-state index is 10.8. The summed E-state index contributed by atoms with van der Waals surface area (Å²) in [6.45, 7) is 5.99. The number of nitrogens with one attached hydrogen (secondary N) is 1. The maximum atomic E-state index is 10.8. The third kappa shape index (κ3) is 7.23. The first-order chi connectivity index (χ1) is 10.4. The van der Waals surface area contributed by atoms with Crippen LogP contribution in [-0.2, 0) is 0 Å². The van der Waals surface area contributed by atoms with Gasteiger partial charge in [0.2, 0.25) is 0 Å². The summed E-state index contributed by atoms with van der Waals surface area (Å²) in [6, 6.07) is 1.49. The minimum atomic E-state index is -1.04. The van der Waals surface area contributed by atoms with E-state index in [2.05, 4.69) is 28.5 Å². The molecule has 1 heterocycles. The van der Waals surface area contributed by atoms with Gasteiger partial charge in [-0.3, -0.25) is 15.1 Å². The summed E-state index contributed by atoms with van der Waals surface area (Å²) in [4.78, 5) is 25.3. The van der Waals surface area contributed by atoms with Gasteiger partial charge < -0.3 is 10.4 Å². The highest BCUT2D eigenvalue weighted by atomic mass is 32.2. The Labute approximate surface area is 133 Å². The zero-order valence-corrected chi connectivity index (χ0v) is 13.4. The van der Waals surface area contributed by atoms with E-state index in [1.165, 1.54) is 24.2 Å². The summed E-state index contributed by atoms with van der Waals surface area (Å²) in [7, 11) is 0. The molecule has 0 fully saturated rings. The van der Waals surface area contributed by atoms with Gasteiger partial charge in [0.25, 0.3) is 5.69 Å². The number of pyridine rings is 1. The van der Waals surface area contributed by atoms with Gasteiger partial charge in [-0.25, -0.2) is 9.10 Å². The fourth-order valence-electron chi connectivity index (χ4n) is 1.74. The quantitative estimate of drug-likeness (QED) is 0.310. The van der Waals surface area contributed by atoms with Crippen LogP contribution >= 0.6 is 11.9 Å². The van der Waals surface area contributed by atoms with Crippen molar-refractivity contribution in [3.8, 4) is 0 Å². The van der Waals surface area contributed by atoms with Crippen molar-refractivity contribution in [1.29, 1.82) is 0 Å². The highest BCUT2D eigenvalue weighted by Gasteiger charge is 2.13. The number of rotatable bonds is 9. The number of carbonyl (C=O) groups is 1. The molecule has 0 atom stereocenters. The molecule has 122 valence electrons. The molecule has 0 aliphatic carbocycles. The largest absolute Gasteiger partial charge is 0.465 e. The average Bonchev–Trinajstić information content (AvgIpc) is 2.43. The van der Waals surface area contributed by atoms with Crippen LogP contribution in [0.15, 0.2) is 23.4 Å². The molecule has 1 aromatic heterocycles. The lowest BCUT2D eigenvalue weighted by Crippen LogP contribution is -2.27. The predicted molar refractivity (Wildman–Crippen MR) is 83.8 cm³/mol. The smallest absolute Gasteiger partial charge is 0.404 e. The lowest BCUT2D eigenvalue weighted by molar-refractivity contribution is -0.385. The minimum Gasteiger partial charge on any atom is -0.465 e. The second-order valence-corrected chi connectivity index (χ2v) is 6.26. The van der Waals surface area contributed by atoms with Gasteiger partial charge in [-0.1, -0.05) is 13.8 Å². The molecule has 1 aromatic rings. The van der Waals surface area contributed by atoms with Crippen LogP contribution in [0.2, 0.25) is 0 Å². The van der Waals surface area contributed by atoms with E-state index in [9.17, 15) is 14.9 Å². The Balaban J connectivity index is 2.61. The van der Waals surface area contributed by atoms with Crippen LogP contribution in [-0.4, -0.2) is 45.0 Å².